The van der Waals surface area contributed by atoms with Gasteiger partial charge in [0.25, 0.3) is 0 Å². The minimum Gasteiger partial charge on any atom is -0.289 e. The van der Waals surface area contributed by atoms with Gasteiger partial charge in [0.2, 0.25) is 0 Å². The summed E-state index contributed by atoms with van der Waals surface area (Å²) in [5.74, 6) is 0. The Hall–Kier alpha value is -0.710. The average molecular weight is 264 g/mol. The molecule has 0 N–H and O–H groups in total. The summed E-state index contributed by atoms with van der Waals surface area (Å²) in [7, 11) is 0. The van der Waals surface area contributed by atoms with E-state index >= 15 is 0 Å². The van der Waals surface area contributed by atoms with Gasteiger partial charge in [-0.05, 0) is 38.4 Å². The summed E-state index contributed by atoms with van der Waals surface area (Å²) in [6.07, 6.45) is 4.48. The van der Waals surface area contributed by atoms with Crippen LogP contribution in [0.4, 0.5) is 0 Å². The number of aryl methyl sites for hydroxylation is 1. The van der Waals surface area contributed by atoms with Gasteiger partial charge in [-0.1, -0.05) is 0 Å². The Balaban J connectivity index is 1.74. The van der Waals surface area contributed by atoms with E-state index in [1.807, 2.05) is 17.5 Å². The number of rotatable bonds is 3. The number of aromatic nitrogens is 1. The highest BCUT2D eigenvalue weighted by atomic mass is 32.1. The molecule has 1 aliphatic heterocycles. The fourth-order valence-corrected chi connectivity index (χ4v) is 4.19. The van der Waals surface area contributed by atoms with Crippen molar-refractivity contribution in [3.05, 3.63) is 38.5 Å². The highest BCUT2D eigenvalue weighted by Crippen LogP contribution is 2.34. The monoisotopic (exact) mass is 264 g/mol. The highest BCUT2D eigenvalue weighted by Gasteiger charge is 2.27. The van der Waals surface area contributed by atoms with Gasteiger partial charge in [0.1, 0.15) is 5.01 Å². The first-order valence-electron chi connectivity index (χ1n) is 6.02. The first-order chi connectivity index (χ1) is 8.33. The van der Waals surface area contributed by atoms with Crippen molar-refractivity contribution in [2.24, 2.45) is 0 Å². The summed E-state index contributed by atoms with van der Waals surface area (Å²) in [4.78, 5) is 9.93. The van der Waals surface area contributed by atoms with Gasteiger partial charge in [-0.15, -0.1) is 22.7 Å². The Kier molecular flexibility index (Phi) is 3.27. The van der Waals surface area contributed by atoms with Crippen molar-refractivity contribution >= 4 is 22.7 Å². The maximum atomic E-state index is 4.48. The number of thiophene rings is 1. The molecule has 0 spiro atoms. The molecule has 3 heterocycles. The molecule has 2 aromatic rings. The second-order valence-corrected chi connectivity index (χ2v) is 6.81. The standard InChI is InChI=1S/C13H16N2S2/c1-10-4-5-11(17-10)9-15-7-2-3-12(15)13-14-6-8-16-13/h4-6,8,12H,2-3,7,9H2,1H3/t12-/m1/s1. The number of thiazole rings is 1. The van der Waals surface area contributed by atoms with Crippen LogP contribution in [0.5, 0.6) is 0 Å². The molecular weight excluding hydrogens is 248 g/mol. The van der Waals surface area contributed by atoms with Crippen LogP contribution in [-0.2, 0) is 6.54 Å². The van der Waals surface area contributed by atoms with Crippen molar-refractivity contribution in [2.45, 2.75) is 32.4 Å². The van der Waals surface area contributed by atoms with Gasteiger partial charge >= 0.3 is 0 Å². The van der Waals surface area contributed by atoms with Crippen LogP contribution >= 0.6 is 22.7 Å². The molecule has 1 saturated heterocycles. The zero-order valence-electron chi connectivity index (χ0n) is 9.93. The molecule has 2 nitrogen and oxygen atoms in total. The van der Waals surface area contributed by atoms with Gasteiger partial charge in [0, 0.05) is 27.9 Å². The molecule has 4 heteroatoms. The van der Waals surface area contributed by atoms with Gasteiger partial charge < -0.3 is 0 Å². The lowest BCUT2D eigenvalue weighted by Crippen LogP contribution is -2.22. The van der Waals surface area contributed by atoms with E-state index in [-0.39, 0.29) is 0 Å². The lowest BCUT2D eigenvalue weighted by atomic mass is 10.2. The summed E-state index contributed by atoms with van der Waals surface area (Å²) in [6, 6.07) is 5.03. The number of hydrogen-bond donors (Lipinski definition) is 0. The molecule has 17 heavy (non-hydrogen) atoms. The van der Waals surface area contributed by atoms with Crippen molar-refractivity contribution in [1.82, 2.24) is 9.88 Å². The molecule has 0 unspecified atom stereocenters. The Morgan fingerprint density at radius 1 is 1.47 bits per heavy atom. The van der Waals surface area contributed by atoms with Gasteiger partial charge in [0.15, 0.2) is 0 Å². The Bertz CT molecular complexity index is 475. The minimum absolute atomic E-state index is 0.553. The Labute approximate surface area is 110 Å². The summed E-state index contributed by atoms with van der Waals surface area (Å²) >= 11 is 3.71. The number of nitrogens with zero attached hydrogens (tertiary/aromatic N) is 2. The second kappa shape index (κ2) is 4.88. The maximum absolute atomic E-state index is 4.48. The van der Waals surface area contributed by atoms with Gasteiger partial charge in [-0.25, -0.2) is 4.98 Å². The third-order valence-electron chi connectivity index (χ3n) is 3.26. The fourth-order valence-electron chi connectivity index (χ4n) is 2.46. The second-order valence-electron chi connectivity index (χ2n) is 4.51. The molecule has 1 atom stereocenters. The van der Waals surface area contributed by atoms with Crippen LogP contribution in [0.1, 0.15) is 33.6 Å². The molecule has 1 aliphatic rings. The zero-order valence-corrected chi connectivity index (χ0v) is 11.6. The number of likely N-dealkylation sites (tertiary alicyclic amines) is 1. The van der Waals surface area contributed by atoms with E-state index in [2.05, 4.69) is 34.3 Å². The average Bonchev–Trinajstić information content (AvgIpc) is 3.00. The first-order valence-corrected chi connectivity index (χ1v) is 7.71. The van der Waals surface area contributed by atoms with Crippen molar-refractivity contribution in [2.75, 3.05) is 6.54 Å². The minimum atomic E-state index is 0.553. The van der Waals surface area contributed by atoms with E-state index in [0.717, 1.165) is 6.54 Å². The van der Waals surface area contributed by atoms with E-state index in [9.17, 15) is 0 Å². The molecule has 0 aromatic carbocycles. The van der Waals surface area contributed by atoms with Gasteiger partial charge in [0.05, 0.1) is 6.04 Å². The predicted octanol–water partition coefficient (Wildman–Crippen LogP) is 3.85. The summed E-state index contributed by atoms with van der Waals surface area (Å²) in [5, 5.41) is 3.37. The molecule has 3 rings (SSSR count). The van der Waals surface area contributed by atoms with Crippen LogP contribution in [0.25, 0.3) is 0 Å². The lowest BCUT2D eigenvalue weighted by molar-refractivity contribution is 0.250. The van der Waals surface area contributed by atoms with E-state index in [4.69, 9.17) is 0 Å². The third kappa shape index (κ3) is 2.44. The molecule has 0 saturated carbocycles. The summed E-state index contributed by atoms with van der Waals surface area (Å²) < 4.78 is 0. The smallest absolute Gasteiger partial charge is 0.110 e. The van der Waals surface area contributed by atoms with Gasteiger partial charge in [-0.2, -0.15) is 0 Å². The highest BCUT2D eigenvalue weighted by molar-refractivity contribution is 7.11. The van der Waals surface area contributed by atoms with E-state index in [1.165, 1.54) is 34.1 Å². The molecule has 90 valence electrons. The van der Waals surface area contributed by atoms with Crippen molar-refractivity contribution in [3.8, 4) is 0 Å². The molecule has 0 aliphatic carbocycles. The van der Waals surface area contributed by atoms with Crippen LogP contribution in [0.3, 0.4) is 0 Å². The number of hydrogen-bond acceptors (Lipinski definition) is 4. The van der Waals surface area contributed by atoms with Crippen LogP contribution in [0, 0.1) is 6.92 Å². The lowest BCUT2D eigenvalue weighted by Gasteiger charge is -2.21. The molecule has 0 bridgehead atoms. The van der Waals surface area contributed by atoms with Gasteiger partial charge in [-0.3, -0.25) is 4.90 Å². The van der Waals surface area contributed by atoms with Crippen LogP contribution in [0.2, 0.25) is 0 Å². The Morgan fingerprint density at radius 2 is 2.41 bits per heavy atom. The molecule has 0 amide bonds. The quantitative estimate of drug-likeness (QED) is 0.837. The Morgan fingerprint density at radius 3 is 3.12 bits per heavy atom. The van der Waals surface area contributed by atoms with Crippen molar-refractivity contribution in [3.63, 3.8) is 0 Å². The van der Waals surface area contributed by atoms with Crippen LogP contribution < -0.4 is 0 Å². The largest absolute Gasteiger partial charge is 0.289 e. The molecule has 0 radical (unpaired) electrons. The normalized spacial score (nSPS) is 21.1. The summed E-state index contributed by atoms with van der Waals surface area (Å²) in [6.45, 7) is 4.47. The zero-order chi connectivity index (χ0) is 11.7. The van der Waals surface area contributed by atoms with E-state index in [1.54, 1.807) is 11.3 Å². The third-order valence-corrected chi connectivity index (χ3v) is 5.12. The van der Waals surface area contributed by atoms with E-state index < -0.39 is 0 Å². The maximum Gasteiger partial charge on any atom is 0.110 e. The first kappa shape index (κ1) is 11.4. The SMILES string of the molecule is Cc1ccc(CN2CCC[C@@H]2c2nccs2)s1. The topological polar surface area (TPSA) is 16.1 Å². The molecule has 2 aromatic heterocycles. The summed E-state index contributed by atoms with van der Waals surface area (Å²) in [5.41, 5.74) is 0. The fraction of sp³-hybridized carbons (Fsp3) is 0.462. The van der Waals surface area contributed by atoms with E-state index in [0.29, 0.717) is 6.04 Å². The van der Waals surface area contributed by atoms with Crippen molar-refractivity contribution < 1.29 is 0 Å². The molecule has 1 fully saturated rings. The van der Waals surface area contributed by atoms with Crippen molar-refractivity contribution in [1.29, 1.82) is 0 Å². The molecular formula is C13H16N2S2. The predicted molar refractivity (Wildman–Crippen MR) is 73.6 cm³/mol. The van der Waals surface area contributed by atoms with Crippen LogP contribution in [-0.4, -0.2) is 16.4 Å². The van der Waals surface area contributed by atoms with Crippen LogP contribution in [0.15, 0.2) is 23.7 Å².